The quantitative estimate of drug-likeness (QED) is 0.718. The number of halogens is 2. The minimum atomic E-state index is -3.87. The molecule has 146 valence electrons. The SMILES string of the molecule is CCOC1C[C@@](c2cc(F)ccc2C)(S(=O)(=O)c2ccc(Cl)cc2)CCO1. The highest BCUT2D eigenvalue weighted by atomic mass is 35.5. The van der Waals surface area contributed by atoms with Gasteiger partial charge >= 0.3 is 0 Å². The van der Waals surface area contributed by atoms with Gasteiger partial charge in [-0.05, 0) is 67.8 Å². The Labute approximate surface area is 164 Å². The molecular weight excluding hydrogens is 391 g/mol. The van der Waals surface area contributed by atoms with Crippen LogP contribution in [0, 0.1) is 12.7 Å². The highest BCUT2D eigenvalue weighted by Gasteiger charge is 2.51. The first-order chi connectivity index (χ1) is 12.8. The van der Waals surface area contributed by atoms with E-state index in [9.17, 15) is 12.8 Å². The van der Waals surface area contributed by atoms with Crippen molar-refractivity contribution in [1.29, 1.82) is 0 Å². The third-order valence-corrected chi connectivity index (χ3v) is 7.75. The molecule has 0 N–H and O–H groups in total. The van der Waals surface area contributed by atoms with Crippen LogP contribution in [0.2, 0.25) is 5.02 Å². The van der Waals surface area contributed by atoms with E-state index in [1.54, 1.807) is 25.1 Å². The van der Waals surface area contributed by atoms with Crippen LogP contribution in [0.5, 0.6) is 0 Å². The molecule has 1 saturated heterocycles. The summed E-state index contributed by atoms with van der Waals surface area (Å²) in [5, 5.41) is 0.448. The molecule has 0 aromatic heterocycles. The average Bonchev–Trinajstić information content (AvgIpc) is 2.64. The van der Waals surface area contributed by atoms with E-state index in [2.05, 4.69) is 0 Å². The van der Waals surface area contributed by atoms with Gasteiger partial charge in [0.25, 0.3) is 0 Å². The lowest BCUT2D eigenvalue weighted by Crippen LogP contribution is -2.46. The van der Waals surface area contributed by atoms with E-state index < -0.39 is 26.7 Å². The van der Waals surface area contributed by atoms with Gasteiger partial charge in [-0.25, -0.2) is 12.8 Å². The monoisotopic (exact) mass is 412 g/mol. The molecule has 1 aliphatic heterocycles. The number of hydrogen-bond donors (Lipinski definition) is 0. The van der Waals surface area contributed by atoms with Gasteiger partial charge in [0.2, 0.25) is 0 Å². The van der Waals surface area contributed by atoms with Crippen LogP contribution in [-0.2, 0) is 24.1 Å². The third-order valence-electron chi connectivity index (χ3n) is 4.99. The lowest BCUT2D eigenvalue weighted by atomic mass is 9.87. The Balaban J connectivity index is 2.21. The molecule has 0 amide bonds. The second kappa shape index (κ2) is 7.87. The van der Waals surface area contributed by atoms with E-state index >= 15 is 0 Å². The minimum Gasteiger partial charge on any atom is -0.353 e. The summed E-state index contributed by atoms with van der Waals surface area (Å²) in [5.74, 6) is -0.472. The van der Waals surface area contributed by atoms with E-state index in [1.165, 1.54) is 24.3 Å². The molecule has 3 rings (SSSR count). The van der Waals surface area contributed by atoms with E-state index in [0.717, 1.165) is 0 Å². The fourth-order valence-corrected chi connectivity index (χ4v) is 5.92. The lowest BCUT2D eigenvalue weighted by molar-refractivity contribution is -0.168. The molecule has 2 atom stereocenters. The molecule has 0 spiro atoms. The number of aryl methyl sites for hydroxylation is 1. The second-order valence-corrected chi connectivity index (χ2v) is 9.32. The van der Waals surface area contributed by atoms with E-state index in [1.807, 2.05) is 6.92 Å². The Morgan fingerprint density at radius 2 is 1.96 bits per heavy atom. The fraction of sp³-hybridized carbons (Fsp3) is 0.400. The first-order valence-corrected chi connectivity index (χ1v) is 10.7. The molecule has 1 fully saturated rings. The molecule has 4 nitrogen and oxygen atoms in total. The van der Waals surface area contributed by atoms with Crippen LogP contribution < -0.4 is 0 Å². The average molecular weight is 413 g/mol. The van der Waals surface area contributed by atoms with Crippen molar-refractivity contribution in [3.63, 3.8) is 0 Å². The van der Waals surface area contributed by atoms with Crippen LogP contribution in [-0.4, -0.2) is 27.9 Å². The summed E-state index contributed by atoms with van der Waals surface area (Å²) in [4.78, 5) is 0.146. The Kier molecular flexibility index (Phi) is 5.91. The number of benzene rings is 2. The zero-order valence-electron chi connectivity index (χ0n) is 15.2. The van der Waals surface area contributed by atoms with Gasteiger partial charge in [0, 0.05) is 18.1 Å². The topological polar surface area (TPSA) is 52.6 Å². The fourth-order valence-electron chi connectivity index (χ4n) is 3.64. The van der Waals surface area contributed by atoms with Crippen molar-refractivity contribution in [1.82, 2.24) is 0 Å². The first-order valence-electron chi connectivity index (χ1n) is 8.80. The summed E-state index contributed by atoms with van der Waals surface area (Å²) in [6, 6.07) is 10.3. The van der Waals surface area contributed by atoms with Crippen molar-refractivity contribution in [3.8, 4) is 0 Å². The first kappa shape index (κ1) is 20.3. The summed E-state index contributed by atoms with van der Waals surface area (Å²) in [7, 11) is -3.87. The van der Waals surface area contributed by atoms with E-state index in [0.29, 0.717) is 22.8 Å². The minimum absolute atomic E-state index is 0.0933. The predicted molar refractivity (Wildman–Crippen MR) is 102 cm³/mol. The summed E-state index contributed by atoms with van der Waals surface area (Å²) < 4.78 is 51.5. The maximum absolute atomic E-state index is 14.1. The summed E-state index contributed by atoms with van der Waals surface area (Å²) >= 11 is 5.93. The zero-order chi connectivity index (χ0) is 19.7. The van der Waals surface area contributed by atoms with Gasteiger partial charge in [0.05, 0.1) is 11.5 Å². The number of rotatable bonds is 5. The van der Waals surface area contributed by atoms with Crippen LogP contribution >= 0.6 is 11.6 Å². The molecular formula is C20H22ClFO4S. The van der Waals surface area contributed by atoms with Crippen molar-refractivity contribution >= 4 is 21.4 Å². The smallest absolute Gasteiger partial charge is 0.188 e. The van der Waals surface area contributed by atoms with Gasteiger partial charge in [0.15, 0.2) is 16.1 Å². The molecule has 2 aromatic carbocycles. The highest BCUT2D eigenvalue weighted by Crippen LogP contribution is 2.46. The number of ether oxygens (including phenoxy) is 2. The van der Waals surface area contributed by atoms with Gasteiger partial charge < -0.3 is 9.47 Å². The molecule has 1 aliphatic rings. The second-order valence-electron chi connectivity index (χ2n) is 6.62. The van der Waals surface area contributed by atoms with Crippen LogP contribution in [0.1, 0.15) is 30.9 Å². The van der Waals surface area contributed by atoms with Crippen LogP contribution in [0.25, 0.3) is 0 Å². The van der Waals surface area contributed by atoms with Gasteiger partial charge in [-0.15, -0.1) is 0 Å². The zero-order valence-corrected chi connectivity index (χ0v) is 16.8. The Morgan fingerprint density at radius 1 is 1.26 bits per heavy atom. The Morgan fingerprint density at radius 3 is 2.63 bits per heavy atom. The van der Waals surface area contributed by atoms with Crippen LogP contribution in [0.3, 0.4) is 0 Å². The Bertz CT molecular complexity index is 912. The van der Waals surface area contributed by atoms with Crippen molar-refractivity contribution in [2.24, 2.45) is 0 Å². The Hall–Kier alpha value is -1.47. The molecule has 7 heteroatoms. The van der Waals surface area contributed by atoms with Crippen molar-refractivity contribution in [2.45, 2.75) is 42.6 Å². The maximum atomic E-state index is 14.1. The van der Waals surface area contributed by atoms with Crippen molar-refractivity contribution in [2.75, 3.05) is 13.2 Å². The van der Waals surface area contributed by atoms with Crippen molar-refractivity contribution in [3.05, 3.63) is 64.4 Å². The van der Waals surface area contributed by atoms with E-state index in [4.69, 9.17) is 21.1 Å². The molecule has 0 radical (unpaired) electrons. The normalized spacial score (nSPS) is 23.3. The van der Waals surface area contributed by atoms with Crippen LogP contribution in [0.15, 0.2) is 47.4 Å². The summed E-state index contributed by atoms with van der Waals surface area (Å²) in [6.45, 7) is 4.21. The number of sulfone groups is 1. The van der Waals surface area contributed by atoms with Gasteiger partial charge in [0.1, 0.15) is 10.6 Å². The van der Waals surface area contributed by atoms with Crippen LogP contribution in [0.4, 0.5) is 4.39 Å². The maximum Gasteiger partial charge on any atom is 0.188 e. The number of hydrogen-bond acceptors (Lipinski definition) is 4. The molecule has 0 aliphatic carbocycles. The molecule has 27 heavy (non-hydrogen) atoms. The largest absolute Gasteiger partial charge is 0.353 e. The standard InChI is InChI=1S/C20H22ClFO4S/c1-3-25-19-13-20(10-11-26-19,18-12-16(22)7-4-14(18)2)27(23,24)17-8-5-15(21)6-9-17/h4-9,12,19H,3,10-11,13H2,1-2H3/t19?,20-/m0/s1. The van der Waals surface area contributed by atoms with E-state index in [-0.39, 0.29) is 24.3 Å². The van der Waals surface area contributed by atoms with Gasteiger partial charge in [-0.2, -0.15) is 0 Å². The molecule has 0 saturated carbocycles. The molecule has 1 unspecified atom stereocenters. The summed E-state index contributed by atoms with van der Waals surface area (Å²) in [6.07, 6.45) is -0.365. The highest BCUT2D eigenvalue weighted by molar-refractivity contribution is 7.92. The van der Waals surface area contributed by atoms with Gasteiger partial charge in [-0.1, -0.05) is 17.7 Å². The molecule has 0 bridgehead atoms. The summed E-state index contributed by atoms with van der Waals surface area (Å²) in [5.41, 5.74) is 1.16. The predicted octanol–water partition coefficient (Wildman–Crippen LogP) is 4.63. The van der Waals surface area contributed by atoms with Crippen molar-refractivity contribution < 1.29 is 22.3 Å². The third kappa shape index (κ3) is 3.76. The molecule has 2 aromatic rings. The van der Waals surface area contributed by atoms with Gasteiger partial charge in [-0.3, -0.25) is 0 Å². The lowest BCUT2D eigenvalue weighted by Gasteiger charge is -2.41. The molecule has 1 heterocycles.